The molecule has 0 unspecified atom stereocenters. The first-order valence-electron chi connectivity index (χ1n) is 6.74. The van der Waals surface area contributed by atoms with E-state index < -0.39 is 0 Å². The standard InChI is InChI=1S/C13H18BrN3O2/c1-2-18-11-6-10(13(11)4-3-5-19-13)17-12-15-7-9(14)8-16-12/h7-8,10-11H,2-6H2,1H3,(H,15,16,17)/t10-,11-,13-/m1/s1. The van der Waals surface area contributed by atoms with E-state index in [9.17, 15) is 0 Å². The fraction of sp³-hybridized carbons (Fsp3) is 0.692. The van der Waals surface area contributed by atoms with Gasteiger partial charge in [0.2, 0.25) is 5.95 Å². The second-order valence-electron chi connectivity index (χ2n) is 5.01. The van der Waals surface area contributed by atoms with E-state index in [0.717, 1.165) is 36.9 Å². The topological polar surface area (TPSA) is 56.3 Å². The van der Waals surface area contributed by atoms with Crippen molar-refractivity contribution in [1.29, 1.82) is 0 Å². The Morgan fingerprint density at radius 3 is 2.95 bits per heavy atom. The number of nitrogens with one attached hydrogen (secondary N) is 1. The highest BCUT2D eigenvalue weighted by Crippen LogP contribution is 2.46. The van der Waals surface area contributed by atoms with Crippen LogP contribution in [-0.2, 0) is 9.47 Å². The molecule has 1 spiro atoms. The minimum Gasteiger partial charge on any atom is -0.375 e. The molecule has 104 valence electrons. The molecule has 3 rings (SSSR count). The zero-order valence-electron chi connectivity index (χ0n) is 10.9. The molecule has 3 atom stereocenters. The fourth-order valence-corrected chi connectivity index (χ4v) is 3.23. The van der Waals surface area contributed by atoms with Gasteiger partial charge in [-0.1, -0.05) is 0 Å². The van der Waals surface area contributed by atoms with Crippen molar-refractivity contribution < 1.29 is 9.47 Å². The van der Waals surface area contributed by atoms with Gasteiger partial charge in [-0.2, -0.15) is 0 Å². The quantitative estimate of drug-likeness (QED) is 0.920. The van der Waals surface area contributed by atoms with Gasteiger partial charge in [-0.05, 0) is 42.1 Å². The molecule has 2 fully saturated rings. The molecule has 5 nitrogen and oxygen atoms in total. The van der Waals surface area contributed by atoms with E-state index in [1.54, 1.807) is 12.4 Å². The lowest BCUT2D eigenvalue weighted by molar-refractivity contribution is -0.184. The van der Waals surface area contributed by atoms with Crippen molar-refractivity contribution >= 4 is 21.9 Å². The van der Waals surface area contributed by atoms with Crippen molar-refractivity contribution in [2.75, 3.05) is 18.5 Å². The third-order valence-corrected chi connectivity index (χ3v) is 4.37. The molecule has 6 heteroatoms. The molecule has 19 heavy (non-hydrogen) atoms. The van der Waals surface area contributed by atoms with Crippen LogP contribution in [0, 0.1) is 0 Å². The summed E-state index contributed by atoms with van der Waals surface area (Å²) in [5.41, 5.74) is -0.174. The van der Waals surface area contributed by atoms with E-state index in [2.05, 4.69) is 31.2 Å². The van der Waals surface area contributed by atoms with Crippen LogP contribution in [0.25, 0.3) is 0 Å². The van der Waals surface area contributed by atoms with Crippen LogP contribution < -0.4 is 5.32 Å². The Morgan fingerprint density at radius 1 is 1.53 bits per heavy atom. The second-order valence-corrected chi connectivity index (χ2v) is 5.92. The lowest BCUT2D eigenvalue weighted by Gasteiger charge is -2.52. The Hall–Kier alpha value is -0.720. The first-order chi connectivity index (χ1) is 9.24. The average molecular weight is 328 g/mol. The molecule has 0 amide bonds. The van der Waals surface area contributed by atoms with Crippen LogP contribution in [0.2, 0.25) is 0 Å². The summed E-state index contributed by atoms with van der Waals surface area (Å²) in [7, 11) is 0. The van der Waals surface area contributed by atoms with Crippen molar-refractivity contribution in [2.24, 2.45) is 0 Å². The zero-order valence-corrected chi connectivity index (χ0v) is 12.5. The molecule has 2 aliphatic rings. The van der Waals surface area contributed by atoms with Gasteiger partial charge in [0.05, 0.1) is 16.6 Å². The molecule has 0 bridgehead atoms. The minimum atomic E-state index is -0.174. The number of hydrogen-bond acceptors (Lipinski definition) is 5. The molecule has 1 aliphatic heterocycles. The van der Waals surface area contributed by atoms with Gasteiger partial charge in [0, 0.05) is 25.6 Å². The molecular formula is C13H18BrN3O2. The van der Waals surface area contributed by atoms with Crippen molar-refractivity contribution in [3.8, 4) is 0 Å². The number of rotatable bonds is 4. The van der Waals surface area contributed by atoms with Gasteiger partial charge >= 0.3 is 0 Å². The highest BCUT2D eigenvalue weighted by molar-refractivity contribution is 9.10. The molecule has 1 aromatic heterocycles. The smallest absolute Gasteiger partial charge is 0.222 e. The number of ether oxygens (including phenoxy) is 2. The molecule has 1 aromatic rings. The fourth-order valence-electron chi connectivity index (χ4n) is 3.02. The molecule has 1 saturated carbocycles. The third kappa shape index (κ3) is 2.37. The summed E-state index contributed by atoms with van der Waals surface area (Å²) in [6, 6.07) is 0.243. The average Bonchev–Trinajstić information content (AvgIpc) is 2.92. The maximum atomic E-state index is 6.00. The van der Waals surface area contributed by atoms with Crippen molar-refractivity contribution in [2.45, 2.75) is 43.9 Å². The number of aromatic nitrogens is 2. The number of nitrogens with zero attached hydrogens (tertiary/aromatic N) is 2. The van der Waals surface area contributed by atoms with Crippen LogP contribution in [0.4, 0.5) is 5.95 Å². The van der Waals surface area contributed by atoms with E-state index in [-0.39, 0.29) is 17.7 Å². The Balaban J connectivity index is 1.70. The Morgan fingerprint density at radius 2 is 2.32 bits per heavy atom. The molecule has 1 aliphatic carbocycles. The first-order valence-corrected chi connectivity index (χ1v) is 7.53. The van der Waals surface area contributed by atoms with Crippen LogP contribution in [0.15, 0.2) is 16.9 Å². The predicted octanol–water partition coefficient (Wildman–Crippen LogP) is 2.38. The summed E-state index contributed by atoms with van der Waals surface area (Å²) in [5.74, 6) is 0.651. The minimum absolute atomic E-state index is 0.174. The predicted molar refractivity (Wildman–Crippen MR) is 75.1 cm³/mol. The van der Waals surface area contributed by atoms with Gasteiger partial charge in [0.25, 0.3) is 0 Å². The number of halogens is 1. The van der Waals surface area contributed by atoms with Crippen LogP contribution in [0.1, 0.15) is 26.2 Å². The SMILES string of the molecule is CCO[C@@H]1C[C@@H](Nc2ncc(Br)cn2)[C@]12CCCO2. The van der Waals surface area contributed by atoms with E-state index >= 15 is 0 Å². The maximum Gasteiger partial charge on any atom is 0.222 e. The van der Waals surface area contributed by atoms with Crippen LogP contribution in [0.3, 0.4) is 0 Å². The molecular weight excluding hydrogens is 310 g/mol. The highest BCUT2D eigenvalue weighted by atomic mass is 79.9. The van der Waals surface area contributed by atoms with Crippen molar-refractivity contribution in [1.82, 2.24) is 9.97 Å². The summed E-state index contributed by atoms with van der Waals surface area (Å²) < 4.78 is 12.7. The maximum absolute atomic E-state index is 6.00. The summed E-state index contributed by atoms with van der Waals surface area (Å²) >= 11 is 3.34. The largest absolute Gasteiger partial charge is 0.375 e. The van der Waals surface area contributed by atoms with Gasteiger partial charge in [0.15, 0.2) is 0 Å². The molecule has 0 radical (unpaired) electrons. The normalized spacial score (nSPS) is 33.4. The Bertz CT molecular complexity index is 434. The first kappa shape index (κ1) is 13.3. The van der Waals surface area contributed by atoms with E-state index in [1.807, 2.05) is 6.92 Å². The molecule has 1 N–H and O–H groups in total. The molecule has 2 heterocycles. The number of anilines is 1. The summed E-state index contributed by atoms with van der Waals surface area (Å²) in [5, 5.41) is 3.38. The summed E-state index contributed by atoms with van der Waals surface area (Å²) in [6.07, 6.45) is 6.79. The van der Waals surface area contributed by atoms with E-state index in [4.69, 9.17) is 9.47 Å². The van der Waals surface area contributed by atoms with Crippen molar-refractivity contribution in [3.05, 3.63) is 16.9 Å². The van der Waals surface area contributed by atoms with Crippen LogP contribution in [0.5, 0.6) is 0 Å². The van der Waals surface area contributed by atoms with Gasteiger partial charge in [0.1, 0.15) is 5.60 Å². The number of hydrogen-bond donors (Lipinski definition) is 1. The molecule has 0 aromatic carbocycles. The van der Waals surface area contributed by atoms with Gasteiger partial charge in [-0.25, -0.2) is 9.97 Å². The monoisotopic (exact) mass is 327 g/mol. The van der Waals surface area contributed by atoms with Crippen LogP contribution >= 0.6 is 15.9 Å². The van der Waals surface area contributed by atoms with Crippen LogP contribution in [-0.4, -0.2) is 40.9 Å². The van der Waals surface area contributed by atoms with Gasteiger partial charge in [-0.15, -0.1) is 0 Å². The van der Waals surface area contributed by atoms with Crippen molar-refractivity contribution in [3.63, 3.8) is 0 Å². The summed E-state index contributed by atoms with van der Waals surface area (Å²) in [6.45, 7) is 3.58. The zero-order chi connectivity index (χ0) is 13.3. The van der Waals surface area contributed by atoms with E-state index in [0.29, 0.717) is 5.95 Å². The van der Waals surface area contributed by atoms with Gasteiger partial charge < -0.3 is 14.8 Å². The summed E-state index contributed by atoms with van der Waals surface area (Å²) in [4.78, 5) is 8.52. The van der Waals surface area contributed by atoms with E-state index in [1.165, 1.54) is 0 Å². The molecule has 1 saturated heterocycles. The Labute approximate surface area is 121 Å². The second kappa shape index (κ2) is 5.34. The lowest BCUT2D eigenvalue weighted by Crippen LogP contribution is -2.66. The lowest BCUT2D eigenvalue weighted by atomic mass is 9.70. The Kier molecular flexibility index (Phi) is 3.73. The van der Waals surface area contributed by atoms with Gasteiger partial charge in [-0.3, -0.25) is 0 Å². The highest BCUT2D eigenvalue weighted by Gasteiger charge is 2.58. The third-order valence-electron chi connectivity index (χ3n) is 3.96.